The van der Waals surface area contributed by atoms with E-state index in [1.54, 1.807) is 6.92 Å². The van der Waals surface area contributed by atoms with Crippen LogP contribution in [0, 0.1) is 0 Å². The molecule has 6 nitrogen and oxygen atoms in total. The number of hydrogen-bond donors (Lipinski definition) is 0. The van der Waals surface area contributed by atoms with Crippen LogP contribution in [0.3, 0.4) is 0 Å². The summed E-state index contributed by atoms with van der Waals surface area (Å²) in [5, 5.41) is 11.1. The second-order valence-electron chi connectivity index (χ2n) is 5.83. The fourth-order valence-corrected chi connectivity index (χ4v) is 1.94. The van der Waals surface area contributed by atoms with Crippen LogP contribution < -0.4 is 0 Å². The molecule has 0 bridgehead atoms. The summed E-state index contributed by atoms with van der Waals surface area (Å²) in [7, 11) is 0. The van der Waals surface area contributed by atoms with Gasteiger partial charge in [0.05, 0.1) is 13.2 Å². The first-order valence-corrected chi connectivity index (χ1v) is 6.94. The Bertz CT molecular complexity index is 611. The molecule has 0 N–H and O–H groups in total. The molecule has 0 amide bonds. The fourth-order valence-electron chi connectivity index (χ4n) is 1.94. The van der Waals surface area contributed by atoms with Crippen molar-refractivity contribution in [2.45, 2.75) is 39.7 Å². The predicted octanol–water partition coefficient (Wildman–Crippen LogP) is 2.20. The van der Waals surface area contributed by atoms with Crippen LogP contribution in [0.25, 0.3) is 0 Å². The van der Waals surface area contributed by atoms with Crippen LogP contribution in [0.2, 0.25) is 0 Å². The number of tetrazole rings is 1. The molecule has 0 saturated carbocycles. The molecule has 0 unspecified atom stereocenters. The van der Waals surface area contributed by atoms with Gasteiger partial charge in [-0.05, 0) is 33.9 Å². The highest BCUT2D eigenvalue weighted by atomic mass is 16.5. The third-order valence-electron chi connectivity index (χ3n) is 3.14. The van der Waals surface area contributed by atoms with Crippen molar-refractivity contribution in [1.82, 2.24) is 20.2 Å². The van der Waals surface area contributed by atoms with Crippen molar-refractivity contribution in [3.63, 3.8) is 0 Å². The molecule has 6 heteroatoms. The van der Waals surface area contributed by atoms with Gasteiger partial charge in [-0.3, -0.25) is 0 Å². The van der Waals surface area contributed by atoms with Gasteiger partial charge in [-0.2, -0.15) is 0 Å². The lowest BCUT2D eigenvalue weighted by Gasteiger charge is -2.19. The van der Waals surface area contributed by atoms with Gasteiger partial charge in [-0.15, -0.1) is 5.10 Å². The van der Waals surface area contributed by atoms with Gasteiger partial charge in [0.25, 0.3) is 5.82 Å². The van der Waals surface area contributed by atoms with Crippen molar-refractivity contribution in [3.8, 4) is 0 Å². The maximum absolute atomic E-state index is 11.7. The third-order valence-corrected chi connectivity index (χ3v) is 3.14. The van der Waals surface area contributed by atoms with Crippen molar-refractivity contribution < 1.29 is 9.53 Å². The number of ether oxygens (including phenoxy) is 1. The third kappa shape index (κ3) is 3.65. The van der Waals surface area contributed by atoms with E-state index >= 15 is 0 Å². The van der Waals surface area contributed by atoms with Crippen LogP contribution in [0.5, 0.6) is 0 Å². The summed E-state index contributed by atoms with van der Waals surface area (Å²) in [5.41, 5.74) is 2.40. The maximum Gasteiger partial charge on any atom is 0.378 e. The molecule has 0 saturated heterocycles. The molecule has 112 valence electrons. The maximum atomic E-state index is 11.7. The minimum atomic E-state index is -0.506. The summed E-state index contributed by atoms with van der Waals surface area (Å²) in [6.07, 6.45) is 0. The molecule has 2 aromatic rings. The number of hydrogen-bond acceptors (Lipinski definition) is 5. The zero-order chi connectivity index (χ0) is 15.5. The van der Waals surface area contributed by atoms with E-state index in [-0.39, 0.29) is 11.2 Å². The van der Waals surface area contributed by atoms with Crippen LogP contribution in [-0.2, 0) is 16.7 Å². The first-order valence-electron chi connectivity index (χ1n) is 6.94. The Morgan fingerprint density at radius 2 is 1.90 bits per heavy atom. The van der Waals surface area contributed by atoms with Crippen molar-refractivity contribution in [2.24, 2.45) is 0 Å². The molecule has 0 fully saturated rings. The Hall–Kier alpha value is -2.24. The zero-order valence-electron chi connectivity index (χ0n) is 12.8. The molecule has 0 aliphatic heterocycles. The largest absolute Gasteiger partial charge is 0.460 e. The lowest BCUT2D eigenvalue weighted by molar-refractivity contribution is 0.0505. The van der Waals surface area contributed by atoms with Crippen LogP contribution in [0.4, 0.5) is 0 Å². The second kappa shape index (κ2) is 6.03. The highest BCUT2D eigenvalue weighted by Gasteiger charge is 2.17. The van der Waals surface area contributed by atoms with Crippen LogP contribution in [0.1, 0.15) is 49.4 Å². The van der Waals surface area contributed by atoms with Crippen molar-refractivity contribution in [2.75, 3.05) is 6.61 Å². The lowest BCUT2D eigenvalue weighted by Crippen LogP contribution is -2.15. The van der Waals surface area contributed by atoms with Gasteiger partial charge < -0.3 is 4.74 Å². The van der Waals surface area contributed by atoms with Gasteiger partial charge in [0.2, 0.25) is 0 Å². The van der Waals surface area contributed by atoms with E-state index in [0.717, 1.165) is 5.56 Å². The first kappa shape index (κ1) is 15.2. The van der Waals surface area contributed by atoms with Gasteiger partial charge in [0.1, 0.15) is 0 Å². The molecule has 0 aliphatic rings. The van der Waals surface area contributed by atoms with E-state index in [1.165, 1.54) is 10.2 Å². The minimum absolute atomic E-state index is 0.115. The number of rotatable bonds is 4. The summed E-state index contributed by atoms with van der Waals surface area (Å²) in [4.78, 5) is 11.7. The Labute approximate surface area is 124 Å². The molecule has 1 aromatic carbocycles. The normalized spacial score (nSPS) is 11.4. The number of aromatic nitrogens is 4. The number of nitrogens with zero attached hydrogens (tertiary/aromatic N) is 4. The van der Waals surface area contributed by atoms with Crippen LogP contribution >= 0.6 is 0 Å². The summed E-state index contributed by atoms with van der Waals surface area (Å²) in [6, 6.07) is 8.22. The number of esters is 1. The molecular formula is C15H20N4O2. The lowest BCUT2D eigenvalue weighted by atomic mass is 9.87. The average molecular weight is 288 g/mol. The summed E-state index contributed by atoms with van der Waals surface area (Å²) in [6.45, 7) is 8.99. The monoisotopic (exact) mass is 288 g/mol. The molecule has 21 heavy (non-hydrogen) atoms. The standard InChI is InChI=1S/C15H20N4O2/c1-5-21-14(20)13-16-17-18-19(13)10-11-6-8-12(9-7-11)15(2,3)4/h6-9H,5,10H2,1-4H3. The minimum Gasteiger partial charge on any atom is -0.460 e. The highest BCUT2D eigenvalue weighted by molar-refractivity contribution is 5.85. The first-order chi connectivity index (χ1) is 9.91. The van der Waals surface area contributed by atoms with E-state index in [4.69, 9.17) is 4.74 Å². The highest BCUT2D eigenvalue weighted by Crippen LogP contribution is 2.22. The van der Waals surface area contributed by atoms with Crippen molar-refractivity contribution in [1.29, 1.82) is 0 Å². The van der Waals surface area contributed by atoms with Crippen LogP contribution in [-0.4, -0.2) is 32.8 Å². The Kier molecular flexibility index (Phi) is 4.35. The van der Waals surface area contributed by atoms with E-state index in [0.29, 0.717) is 13.2 Å². The fraction of sp³-hybridized carbons (Fsp3) is 0.467. The Morgan fingerprint density at radius 3 is 2.48 bits per heavy atom. The van der Waals surface area contributed by atoms with Gasteiger partial charge in [0.15, 0.2) is 0 Å². The van der Waals surface area contributed by atoms with Gasteiger partial charge in [0, 0.05) is 0 Å². The van der Waals surface area contributed by atoms with Crippen molar-refractivity contribution >= 4 is 5.97 Å². The molecule has 0 aliphatic carbocycles. The van der Waals surface area contributed by atoms with Crippen LogP contribution in [0.15, 0.2) is 24.3 Å². The average Bonchev–Trinajstić information content (AvgIpc) is 2.87. The van der Waals surface area contributed by atoms with Gasteiger partial charge in [-0.25, -0.2) is 9.48 Å². The molecule has 1 aromatic heterocycles. The topological polar surface area (TPSA) is 69.9 Å². The van der Waals surface area contributed by atoms with E-state index in [2.05, 4.69) is 48.4 Å². The van der Waals surface area contributed by atoms with Crippen molar-refractivity contribution in [3.05, 3.63) is 41.2 Å². The molecule has 0 spiro atoms. The summed E-state index contributed by atoms with van der Waals surface area (Å²) in [5.74, 6) is -0.384. The Morgan fingerprint density at radius 1 is 1.24 bits per heavy atom. The summed E-state index contributed by atoms with van der Waals surface area (Å²) >= 11 is 0. The summed E-state index contributed by atoms with van der Waals surface area (Å²) < 4.78 is 6.37. The van der Waals surface area contributed by atoms with Gasteiger partial charge >= 0.3 is 5.97 Å². The second-order valence-corrected chi connectivity index (χ2v) is 5.83. The van der Waals surface area contributed by atoms with Gasteiger partial charge in [-0.1, -0.05) is 45.0 Å². The quantitative estimate of drug-likeness (QED) is 0.807. The molecule has 1 heterocycles. The number of carbonyl (C=O) groups is 1. The number of benzene rings is 1. The van der Waals surface area contributed by atoms with E-state index in [1.807, 2.05) is 12.1 Å². The zero-order valence-corrected chi connectivity index (χ0v) is 12.8. The smallest absolute Gasteiger partial charge is 0.378 e. The molecule has 2 rings (SSSR count). The van der Waals surface area contributed by atoms with E-state index in [9.17, 15) is 4.79 Å². The van der Waals surface area contributed by atoms with E-state index < -0.39 is 5.97 Å². The molecule has 0 atom stereocenters. The predicted molar refractivity (Wildman–Crippen MR) is 78.0 cm³/mol. The molecule has 0 radical (unpaired) electrons. The number of carbonyl (C=O) groups excluding carboxylic acids is 1. The molecular weight excluding hydrogens is 268 g/mol. The SMILES string of the molecule is CCOC(=O)c1nnnn1Cc1ccc(C(C)(C)C)cc1. The Balaban J connectivity index is 2.16.